The standard InChI is InChI=1S/C16H24/c1-6-11-16(5)14-10-8-7-9-13(14)12(2)15(16,3)4/h7-10,12H,6,11H2,1-5H3. The Hall–Kier alpha value is -0.780. The second-order valence-electron chi connectivity index (χ2n) is 6.11. The molecule has 0 heteroatoms. The van der Waals surface area contributed by atoms with E-state index in [4.69, 9.17) is 0 Å². The summed E-state index contributed by atoms with van der Waals surface area (Å²) in [6.45, 7) is 12.0. The molecule has 16 heavy (non-hydrogen) atoms. The first-order valence-electron chi connectivity index (χ1n) is 6.54. The Morgan fingerprint density at radius 2 is 1.75 bits per heavy atom. The second kappa shape index (κ2) is 3.61. The average molecular weight is 216 g/mol. The molecule has 0 nitrogen and oxygen atoms in total. The molecule has 0 spiro atoms. The fourth-order valence-electron chi connectivity index (χ4n) is 3.55. The zero-order chi connectivity index (χ0) is 12.0. The number of hydrogen-bond acceptors (Lipinski definition) is 0. The highest BCUT2D eigenvalue weighted by Gasteiger charge is 2.51. The van der Waals surface area contributed by atoms with Crippen LogP contribution >= 0.6 is 0 Å². The van der Waals surface area contributed by atoms with E-state index in [1.165, 1.54) is 12.8 Å². The Morgan fingerprint density at radius 1 is 1.12 bits per heavy atom. The zero-order valence-electron chi connectivity index (χ0n) is 11.3. The van der Waals surface area contributed by atoms with Gasteiger partial charge >= 0.3 is 0 Å². The largest absolute Gasteiger partial charge is 0.0654 e. The summed E-state index contributed by atoms with van der Waals surface area (Å²) >= 11 is 0. The zero-order valence-corrected chi connectivity index (χ0v) is 11.3. The average Bonchev–Trinajstić information content (AvgIpc) is 2.40. The molecule has 2 unspecified atom stereocenters. The predicted octanol–water partition coefficient (Wildman–Crippen LogP) is 4.89. The van der Waals surface area contributed by atoms with Gasteiger partial charge in [-0.3, -0.25) is 0 Å². The predicted molar refractivity (Wildman–Crippen MR) is 70.9 cm³/mol. The van der Waals surface area contributed by atoms with Gasteiger partial charge in [-0.1, -0.05) is 65.3 Å². The minimum absolute atomic E-state index is 0.345. The van der Waals surface area contributed by atoms with Gasteiger partial charge in [0, 0.05) is 0 Å². The first-order valence-corrected chi connectivity index (χ1v) is 6.54. The quantitative estimate of drug-likeness (QED) is 0.660. The van der Waals surface area contributed by atoms with Gasteiger partial charge in [-0.15, -0.1) is 0 Å². The molecule has 0 amide bonds. The summed E-state index contributed by atoms with van der Waals surface area (Å²) in [6, 6.07) is 9.04. The fourth-order valence-corrected chi connectivity index (χ4v) is 3.55. The third-order valence-electron chi connectivity index (χ3n) is 5.28. The van der Waals surface area contributed by atoms with E-state index in [1.807, 2.05) is 0 Å². The molecule has 0 saturated carbocycles. The van der Waals surface area contributed by atoms with Crippen LogP contribution in [0, 0.1) is 5.41 Å². The molecule has 0 fully saturated rings. The molecule has 0 bridgehead atoms. The van der Waals surface area contributed by atoms with E-state index in [0.29, 0.717) is 16.7 Å². The molecular formula is C16H24. The van der Waals surface area contributed by atoms with E-state index >= 15 is 0 Å². The van der Waals surface area contributed by atoms with Crippen molar-refractivity contribution in [1.82, 2.24) is 0 Å². The molecule has 88 valence electrons. The molecule has 0 aliphatic heterocycles. The van der Waals surface area contributed by atoms with Crippen LogP contribution in [-0.2, 0) is 5.41 Å². The van der Waals surface area contributed by atoms with E-state index in [0.717, 1.165) is 0 Å². The Bertz CT molecular complexity index is 389. The van der Waals surface area contributed by atoms with Crippen LogP contribution in [0.4, 0.5) is 0 Å². The molecule has 1 aromatic rings. The van der Waals surface area contributed by atoms with E-state index in [9.17, 15) is 0 Å². The summed E-state index contributed by atoms with van der Waals surface area (Å²) in [4.78, 5) is 0. The number of fused-ring (bicyclic) bond motifs is 1. The molecule has 0 N–H and O–H groups in total. The normalized spacial score (nSPS) is 31.4. The highest BCUT2D eigenvalue weighted by molar-refractivity contribution is 5.45. The minimum atomic E-state index is 0.345. The smallest absolute Gasteiger partial charge is 0.00157 e. The maximum Gasteiger partial charge on any atom is -0.00157 e. The van der Waals surface area contributed by atoms with Gasteiger partial charge in [-0.2, -0.15) is 0 Å². The van der Waals surface area contributed by atoms with Crippen LogP contribution in [0.5, 0.6) is 0 Å². The van der Waals surface area contributed by atoms with Crippen molar-refractivity contribution in [1.29, 1.82) is 0 Å². The van der Waals surface area contributed by atoms with E-state index in [-0.39, 0.29) is 0 Å². The van der Waals surface area contributed by atoms with Crippen molar-refractivity contribution >= 4 is 0 Å². The highest BCUT2D eigenvalue weighted by atomic mass is 14.6. The first-order chi connectivity index (χ1) is 7.45. The monoisotopic (exact) mass is 216 g/mol. The Balaban J connectivity index is 2.60. The summed E-state index contributed by atoms with van der Waals surface area (Å²) in [5.41, 5.74) is 3.88. The summed E-state index contributed by atoms with van der Waals surface area (Å²) in [6.07, 6.45) is 2.56. The lowest BCUT2D eigenvalue weighted by atomic mass is 9.62. The number of hydrogen-bond donors (Lipinski definition) is 0. The maximum absolute atomic E-state index is 2.46. The van der Waals surface area contributed by atoms with E-state index in [2.05, 4.69) is 58.9 Å². The lowest BCUT2D eigenvalue weighted by Crippen LogP contribution is -2.36. The molecule has 1 aliphatic rings. The number of benzene rings is 1. The summed E-state index contributed by atoms with van der Waals surface area (Å²) in [7, 11) is 0. The fraction of sp³-hybridized carbons (Fsp3) is 0.625. The Morgan fingerprint density at radius 3 is 2.38 bits per heavy atom. The van der Waals surface area contributed by atoms with Gasteiger partial charge in [0.15, 0.2) is 0 Å². The molecule has 0 radical (unpaired) electrons. The van der Waals surface area contributed by atoms with Crippen molar-refractivity contribution in [3.05, 3.63) is 35.4 Å². The van der Waals surface area contributed by atoms with Crippen molar-refractivity contribution in [2.75, 3.05) is 0 Å². The summed E-state index contributed by atoms with van der Waals surface area (Å²) < 4.78 is 0. The molecule has 0 saturated heterocycles. The molecule has 0 heterocycles. The van der Waals surface area contributed by atoms with Crippen LogP contribution in [0.25, 0.3) is 0 Å². The minimum Gasteiger partial charge on any atom is -0.0654 e. The second-order valence-corrected chi connectivity index (χ2v) is 6.11. The van der Waals surface area contributed by atoms with Crippen LogP contribution in [-0.4, -0.2) is 0 Å². The van der Waals surface area contributed by atoms with E-state index < -0.39 is 0 Å². The third kappa shape index (κ3) is 1.28. The van der Waals surface area contributed by atoms with Gasteiger partial charge in [-0.05, 0) is 34.3 Å². The van der Waals surface area contributed by atoms with Gasteiger partial charge in [0.25, 0.3) is 0 Å². The van der Waals surface area contributed by atoms with Crippen molar-refractivity contribution in [3.8, 4) is 0 Å². The Labute approximate surface area is 100 Å². The first kappa shape index (κ1) is 11.7. The molecule has 2 rings (SSSR count). The van der Waals surface area contributed by atoms with Crippen LogP contribution in [0.1, 0.15) is 64.5 Å². The van der Waals surface area contributed by atoms with Crippen molar-refractivity contribution in [2.24, 2.45) is 5.41 Å². The molecule has 2 atom stereocenters. The van der Waals surface area contributed by atoms with Gasteiger partial charge in [0.2, 0.25) is 0 Å². The van der Waals surface area contributed by atoms with Gasteiger partial charge in [0.1, 0.15) is 0 Å². The van der Waals surface area contributed by atoms with Crippen molar-refractivity contribution in [3.63, 3.8) is 0 Å². The van der Waals surface area contributed by atoms with Gasteiger partial charge in [-0.25, -0.2) is 0 Å². The lowest BCUT2D eigenvalue weighted by Gasteiger charge is -2.41. The van der Waals surface area contributed by atoms with Crippen LogP contribution in [0.2, 0.25) is 0 Å². The van der Waals surface area contributed by atoms with E-state index in [1.54, 1.807) is 11.1 Å². The Kier molecular flexibility index (Phi) is 2.64. The van der Waals surface area contributed by atoms with Crippen LogP contribution in [0.3, 0.4) is 0 Å². The van der Waals surface area contributed by atoms with Crippen molar-refractivity contribution < 1.29 is 0 Å². The van der Waals surface area contributed by atoms with Crippen LogP contribution < -0.4 is 0 Å². The SMILES string of the molecule is CCCC1(C)c2ccccc2C(C)C1(C)C. The maximum atomic E-state index is 2.46. The topological polar surface area (TPSA) is 0 Å². The highest BCUT2D eigenvalue weighted by Crippen LogP contribution is 2.60. The van der Waals surface area contributed by atoms with Gasteiger partial charge < -0.3 is 0 Å². The molecule has 0 aromatic heterocycles. The lowest BCUT2D eigenvalue weighted by molar-refractivity contribution is 0.160. The third-order valence-corrected chi connectivity index (χ3v) is 5.28. The number of rotatable bonds is 2. The van der Waals surface area contributed by atoms with Crippen LogP contribution in [0.15, 0.2) is 24.3 Å². The molecule has 1 aromatic carbocycles. The summed E-state index contributed by atoms with van der Waals surface area (Å²) in [5, 5.41) is 0. The molecular weight excluding hydrogens is 192 g/mol. The molecule has 1 aliphatic carbocycles. The van der Waals surface area contributed by atoms with Gasteiger partial charge in [0.05, 0.1) is 0 Å². The van der Waals surface area contributed by atoms with Crippen molar-refractivity contribution in [2.45, 2.75) is 58.8 Å². The summed E-state index contributed by atoms with van der Waals surface area (Å²) in [5.74, 6) is 0.667.